The van der Waals surface area contributed by atoms with E-state index >= 15 is 0 Å². The zero-order valence-corrected chi connectivity index (χ0v) is 8.64. The number of thiol groups is 1. The molecule has 0 aliphatic carbocycles. The lowest BCUT2D eigenvalue weighted by molar-refractivity contribution is -0.116. The number of Topliss-reactive ketones (excluding diaryl/α,β-unsaturated/α-hetero) is 1. The van der Waals surface area contributed by atoms with Gasteiger partial charge in [-0.05, 0) is 19.1 Å². The molecule has 0 heterocycles. The highest BCUT2D eigenvalue weighted by Crippen LogP contribution is 2.34. The van der Waals surface area contributed by atoms with Gasteiger partial charge in [-0.2, -0.15) is 0 Å². The molecule has 1 aromatic rings. The molecular formula is C9H9ClO2S. The van der Waals surface area contributed by atoms with Crippen LogP contribution < -0.4 is 0 Å². The Morgan fingerprint density at radius 2 is 2.23 bits per heavy atom. The molecular weight excluding hydrogens is 208 g/mol. The number of phenolic OH excluding ortho intramolecular Hbond substituents is 1. The van der Waals surface area contributed by atoms with Crippen molar-refractivity contribution >= 4 is 30.0 Å². The molecule has 0 bridgehead atoms. The Hall–Kier alpha value is -0.670. The van der Waals surface area contributed by atoms with Gasteiger partial charge in [0.25, 0.3) is 0 Å². The first kappa shape index (κ1) is 10.4. The van der Waals surface area contributed by atoms with Gasteiger partial charge in [0.2, 0.25) is 0 Å². The molecule has 70 valence electrons. The number of carbonyl (C=O) groups is 1. The number of hydrogen-bond donors (Lipinski definition) is 2. The zero-order valence-electron chi connectivity index (χ0n) is 6.99. The number of carbonyl (C=O) groups excluding carboxylic acids is 1. The summed E-state index contributed by atoms with van der Waals surface area (Å²) in [6.45, 7) is 1.37. The molecule has 0 aliphatic rings. The normalized spacial score (nSPS) is 12.5. The fraction of sp³-hybridized carbons (Fsp3) is 0.222. The summed E-state index contributed by atoms with van der Waals surface area (Å²) in [5.74, 6) is -0.207. The molecule has 0 radical (unpaired) electrons. The Morgan fingerprint density at radius 3 is 2.69 bits per heavy atom. The lowest BCUT2D eigenvalue weighted by Crippen LogP contribution is -2.02. The molecule has 0 saturated heterocycles. The second-order valence-electron chi connectivity index (χ2n) is 2.68. The van der Waals surface area contributed by atoms with Crippen LogP contribution in [0.15, 0.2) is 23.1 Å². The quantitative estimate of drug-likeness (QED) is 0.589. The third-order valence-electron chi connectivity index (χ3n) is 1.67. The largest absolute Gasteiger partial charge is 0.508 e. The molecule has 2 nitrogen and oxygen atoms in total. The summed E-state index contributed by atoms with van der Waals surface area (Å²) < 4.78 is 0. The first-order valence-electron chi connectivity index (χ1n) is 3.69. The van der Waals surface area contributed by atoms with Crippen LogP contribution in [0.3, 0.4) is 0 Å². The van der Waals surface area contributed by atoms with Crippen LogP contribution in [-0.2, 0) is 4.79 Å². The molecule has 0 fully saturated rings. The number of rotatable bonds is 2. The van der Waals surface area contributed by atoms with E-state index in [-0.39, 0.29) is 11.5 Å². The van der Waals surface area contributed by atoms with Crippen molar-refractivity contribution in [1.82, 2.24) is 0 Å². The van der Waals surface area contributed by atoms with Crippen molar-refractivity contribution in [3.8, 4) is 5.75 Å². The standard InChI is InChI=1S/C9H9ClO2S/c1-5(11)9(10)8-6(12)3-2-4-7(8)13/h2-4,9,12-13H,1H3. The molecule has 1 rings (SSSR count). The van der Waals surface area contributed by atoms with E-state index in [0.29, 0.717) is 10.5 Å². The van der Waals surface area contributed by atoms with E-state index in [1.807, 2.05) is 0 Å². The van der Waals surface area contributed by atoms with Crippen molar-refractivity contribution in [2.45, 2.75) is 17.2 Å². The molecule has 0 spiro atoms. The van der Waals surface area contributed by atoms with Gasteiger partial charge in [0.05, 0.1) is 0 Å². The van der Waals surface area contributed by atoms with Gasteiger partial charge in [0, 0.05) is 10.5 Å². The molecule has 1 aromatic carbocycles. The second kappa shape index (κ2) is 4.03. The van der Waals surface area contributed by atoms with Gasteiger partial charge >= 0.3 is 0 Å². The Labute approximate surface area is 86.9 Å². The minimum Gasteiger partial charge on any atom is -0.508 e. The summed E-state index contributed by atoms with van der Waals surface area (Å²) in [6.07, 6.45) is 0. The number of hydrogen-bond acceptors (Lipinski definition) is 3. The van der Waals surface area contributed by atoms with Crippen molar-refractivity contribution in [3.63, 3.8) is 0 Å². The van der Waals surface area contributed by atoms with Crippen molar-refractivity contribution in [1.29, 1.82) is 0 Å². The Morgan fingerprint density at radius 1 is 1.62 bits per heavy atom. The summed E-state index contributed by atoms with van der Waals surface area (Å²) in [4.78, 5) is 11.5. The lowest BCUT2D eigenvalue weighted by atomic mass is 10.1. The molecule has 0 aliphatic heterocycles. The van der Waals surface area contributed by atoms with Gasteiger partial charge in [0.1, 0.15) is 11.1 Å². The minimum absolute atomic E-state index is 0.00250. The molecule has 0 aromatic heterocycles. The van der Waals surface area contributed by atoms with Gasteiger partial charge in [-0.3, -0.25) is 4.79 Å². The van der Waals surface area contributed by atoms with E-state index in [1.54, 1.807) is 12.1 Å². The van der Waals surface area contributed by atoms with Gasteiger partial charge in [-0.25, -0.2) is 0 Å². The molecule has 1 atom stereocenters. The summed E-state index contributed by atoms with van der Waals surface area (Å²) >= 11 is 9.90. The number of alkyl halides is 1. The third-order valence-corrected chi connectivity index (χ3v) is 2.59. The SMILES string of the molecule is CC(=O)C(Cl)c1c(O)cccc1S. The molecule has 4 heteroatoms. The van der Waals surface area contributed by atoms with Crippen molar-refractivity contribution in [2.24, 2.45) is 0 Å². The minimum atomic E-state index is -0.825. The molecule has 13 heavy (non-hydrogen) atoms. The number of aromatic hydroxyl groups is 1. The average molecular weight is 217 g/mol. The van der Waals surface area contributed by atoms with E-state index < -0.39 is 5.38 Å². The maximum atomic E-state index is 11.0. The summed E-state index contributed by atoms with van der Waals surface area (Å²) in [7, 11) is 0. The highest BCUT2D eigenvalue weighted by Gasteiger charge is 2.19. The van der Waals surface area contributed by atoms with Crippen molar-refractivity contribution in [2.75, 3.05) is 0 Å². The van der Waals surface area contributed by atoms with Crippen LogP contribution in [0.1, 0.15) is 17.9 Å². The molecule has 1 unspecified atom stereocenters. The number of halogens is 1. The van der Waals surface area contributed by atoms with Crippen LogP contribution in [-0.4, -0.2) is 10.9 Å². The topological polar surface area (TPSA) is 37.3 Å². The monoisotopic (exact) mass is 216 g/mol. The summed E-state index contributed by atoms with van der Waals surface area (Å²) in [6, 6.07) is 4.80. The van der Waals surface area contributed by atoms with Gasteiger partial charge in [-0.1, -0.05) is 6.07 Å². The maximum Gasteiger partial charge on any atom is 0.152 e. The smallest absolute Gasteiger partial charge is 0.152 e. The number of ketones is 1. The molecule has 0 amide bonds. The van der Waals surface area contributed by atoms with E-state index in [4.69, 9.17) is 11.6 Å². The van der Waals surface area contributed by atoms with Gasteiger partial charge in [0.15, 0.2) is 5.78 Å². The Bertz CT molecular complexity index is 318. The van der Waals surface area contributed by atoms with E-state index in [9.17, 15) is 9.90 Å². The van der Waals surface area contributed by atoms with Crippen LogP contribution >= 0.6 is 24.2 Å². The van der Waals surface area contributed by atoms with E-state index in [2.05, 4.69) is 12.6 Å². The van der Waals surface area contributed by atoms with Gasteiger partial charge < -0.3 is 5.11 Å². The Kier molecular flexibility index (Phi) is 3.22. The number of benzene rings is 1. The maximum absolute atomic E-state index is 11.0. The van der Waals surface area contributed by atoms with Crippen LogP contribution in [0.4, 0.5) is 0 Å². The third kappa shape index (κ3) is 2.17. The Balaban J connectivity index is 3.20. The summed E-state index contributed by atoms with van der Waals surface area (Å²) in [5.41, 5.74) is 0.375. The van der Waals surface area contributed by atoms with E-state index in [1.165, 1.54) is 13.0 Å². The predicted octanol–water partition coefficient (Wildman–Crippen LogP) is 2.55. The molecule has 1 N–H and O–H groups in total. The number of phenols is 1. The summed E-state index contributed by atoms with van der Waals surface area (Å²) in [5, 5.41) is 8.60. The van der Waals surface area contributed by atoms with Crippen molar-refractivity contribution < 1.29 is 9.90 Å². The first-order chi connectivity index (χ1) is 6.04. The van der Waals surface area contributed by atoms with Crippen LogP contribution in [0.2, 0.25) is 0 Å². The fourth-order valence-corrected chi connectivity index (χ4v) is 1.64. The highest BCUT2D eigenvalue weighted by atomic mass is 35.5. The van der Waals surface area contributed by atoms with Gasteiger partial charge in [-0.15, -0.1) is 24.2 Å². The highest BCUT2D eigenvalue weighted by molar-refractivity contribution is 7.80. The van der Waals surface area contributed by atoms with Crippen LogP contribution in [0.5, 0.6) is 5.75 Å². The van der Waals surface area contributed by atoms with Crippen molar-refractivity contribution in [3.05, 3.63) is 23.8 Å². The second-order valence-corrected chi connectivity index (χ2v) is 3.60. The fourth-order valence-electron chi connectivity index (χ4n) is 1.00. The van der Waals surface area contributed by atoms with Crippen LogP contribution in [0, 0.1) is 0 Å². The first-order valence-corrected chi connectivity index (χ1v) is 4.57. The lowest BCUT2D eigenvalue weighted by Gasteiger charge is -2.10. The van der Waals surface area contributed by atoms with E-state index in [0.717, 1.165) is 0 Å². The molecule has 0 saturated carbocycles. The van der Waals surface area contributed by atoms with Crippen LogP contribution in [0.25, 0.3) is 0 Å². The zero-order chi connectivity index (χ0) is 10.0. The average Bonchev–Trinajstić information content (AvgIpc) is 2.03. The predicted molar refractivity (Wildman–Crippen MR) is 54.6 cm³/mol.